The van der Waals surface area contributed by atoms with Crippen LogP contribution in [-0.4, -0.2) is 43.5 Å². The Labute approximate surface area is 182 Å². The van der Waals surface area contributed by atoms with Crippen molar-refractivity contribution in [2.45, 2.75) is 26.2 Å². The second kappa shape index (κ2) is 11.2. The van der Waals surface area contributed by atoms with E-state index < -0.39 is 0 Å². The Kier molecular flexibility index (Phi) is 9.71. The second-order valence-electron chi connectivity index (χ2n) is 6.63. The zero-order valence-corrected chi connectivity index (χ0v) is 19.4. The van der Waals surface area contributed by atoms with E-state index >= 15 is 0 Å². The molecule has 2 rings (SSSR count). The Morgan fingerprint density at radius 1 is 1.15 bits per heavy atom. The van der Waals surface area contributed by atoms with Gasteiger partial charge in [0.05, 0.1) is 11.2 Å². The van der Waals surface area contributed by atoms with Gasteiger partial charge >= 0.3 is 0 Å². The normalized spacial score (nSPS) is 11.5. The van der Waals surface area contributed by atoms with E-state index in [-0.39, 0.29) is 35.3 Å². The van der Waals surface area contributed by atoms with E-state index in [2.05, 4.69) is 64.0 Å². The smallest absolute Gasteiger partial charge is 0.263 e. The number of rotatable bonds is 7. The summed E-state index contributed by atoms with van der Waals surface area (Å²) in [6, 6.07) is 10.4. The van der Waals surface area contributed by atoms with Crippen molar-refractivity contribution in [1.29, 1.82) is 0 Å². The predicted octanol–water partition coefficient (Wildman–Crippen LogP) is 2.94. The number of aromatic nitrogens is 1. The van der Waals surface area contributed by atoms with Gasteiger partial charge in [-0.1, -0.05) is 44.2 Å². The van der Waals surface area contributed by atoms with Crippen molar-refractivity contribution < 1.29 is 4.79 Å². The highest BCUT2D eigenvalue weighted by atomic mass is 127. The van der Waals surface area contributed by atoms with Gasteiger partial charge < -0.3 is 16.0 Å². The first-order chi connectivity index (χ1) is 12.4. The topological polar surface area (TPSA) is 78.4 Å². The number of aryl methyl sites for hydroxylation is 1. The summed E-state index contributed by atoms with van der Waals surface area (Å²) in [6.45, 7) is 8.08. The quantitative estimate of drug-likeness (QED) is 0.236. The summed E-state index contributed by atoms with van der Waals surface area (Å²) < 4.78 is 0. The van der Waals surface area contributed by atoms with Gasteiger partial charge in [-0.05, 0) is 12.5 Å². The number of amides is 1. The van der Waals surface area contributed by atoms with E-state index in [0.29, 0.717) is 18.0 Å². The van der Waals surface area contributed by atoms with Gasteiger partial charge in [0.25, 0.3) is 5.91 Å². The van der Waals surface area contributed by atoms with E-state index in [0.717, 1.165) is 18.2 Å². The minimum atomic E-state index is -0.0834. The number of hydrogen-bond donors (Lipinski definition) is 3. The van der Waals surface area contributed by atoms with Crippen LogP contribution in [0.2, 0.25) is 0 Å². The summed E-state index contributed by atoms with van der Waals surface area (Å²) >= 11 is 1.36. The number of halogens is 1. The van der Waals surface area contributed by atoms with E-state index in [4.69, 9.17) is 0 Å². The molecule has 3 N–H and O–H groups in total. The van der Waals surface area contributed by atoms with Crippen LogP contribution in [0.5, 0.6) is 0 Å². The fourth-order valence-corrected chi connectivity index (χ4v) is 3.19. The molecule has 0 atom stereocenters. The van der Waals surface area contributed by atoms with Crippen LogP contribution in [0.4, 0.5) is 0 Å². The molecule has 0 saturated carbocycles. The lowest BCUT2D eigenvalue weighted by Gasteiger charge is -2.26. The van der Waals surface area contributed by atoms with Crippen molar-refractivity contribution in [3.8, 4) is 0 Å². The first-order valence-electron chi connectivity index (χ1n) is 8.62. The highest BCUT2D eigenvalue weighted by Gasteiger charge is 2.20. The van der Waals surface area contributed by atoms with Crippen molar-refractivity contribution >= 4 is 47.2 Å². The van der Waals surface area contributed by atoms with Gasteiger partial charge in [0, 0.05) is 32.1 Å². The Balaban J connectivity index is 0.00000364. The molecule has 0 radical (unpaired) electrons. The number of benzene rings is 1. The van der Waals surface area contributed by atoms with Gasteiger partial charge in [0.2, 0.25) is 0 Å². The van der Waals surface area contributed by atoms with Crippen LogP contribution in [0.15, 0.2) is 40.8 Å². The summed E-state index contributed by atoms with van der Waals surface area (Å²) in [5.74, 6) is 0.636. The van der Waals surface area contributed by atoms with Gasteiger partial charge in [-0.3, -0.25) is 9.79 Å². The number of thiazole rings is 1. The summed E-state index contributed by atoms with van der Waals surface area (Å²) in [4.78, 5) is 21.0. The van der Waals surface area contributed by atoms with E-state index in [1.165, 1.54) is 16.9 Å². The van der Waals surface area contributed by atoms with Gasteiger partial charge in [0.15, 0.2) is 5.96 Å². The van der Waals surface area contributed by atoms with Crippen molar-refractivity contribution in [2.24, 2.45) is 4.99 Å². The Hall–Kier alpha value is -1.68. The highest BCUT2D eigenvalue weighted by molar-refractivity contribution is 14.0. The van der Waals surface area contributed by atoms with Crippen molar-refractivity contribution in [3.63, 3.8) is 0 Å². The number of nitrogens with one attached hydrogen (secondary N) is 3. The van der Waals surface area contributed by atoms with Crippen LogP contribution < -0.4 is 16.0 Å². The molecule has 6 nitrogen and oxygen atoms in total. The van der Waals surface area contributed by atoms with Gasteiger partial charge in [-0.25, -0.2) is 4.98 Å². The molecular formula is C19H28IN5OS. The molecule has 2 aromatic rings. The van der Waals surface area contributed by atoms with E-state index in [9.17, 15) is 4.79 Å². The predicted molar refractivity (Wildman–Crippen MR) is 123 cm³/mol. The summed E-state index contributed by atoms with van der Waals surface area (Å²) in [5, 5.41) is 9.46. The van der Waals surface area contributed by atoms with E-state index in [1.54, 1.807) is 12.6 Å². The maximum atomic E-state index is 12.0. The molecule has 1 aromatic heterocycles. The summed E-state index contributed by atoms with van der Waals surface area (Å²) in [7, 11) is 1.74. The third-order valence-electron chi connectivity index (χ3n) is 4.13. The molecule has 8 heteroatoms. The van der Waals surface area contributed by atoms with Crippen LogP contribution in [0.1, 0.15) is 34.8 Å². The molecule has 148 valence electrons. The van der Waals surface area contributed by atoms with Crippen molar-refractivity contribution in [1.82, 2.24) is 20.9 Å². The van der Waals surface area contributed by atoms with Crippen molar-refractivity contribution in [3.05, 3.63) is 52.0 Å². The second-order valence-corrected chi connectivity index (χ2v) is 7.48. The van der Waals surface area contributed by atoms with Crippen LogP contribution in [0, 0.1) is 6.92 Å². The highest BCUT2D eigenvalue weighted by Crippen LogP contribution is 2.21. The number of guanidine groups is 1. The van der Waals surface area contributed by atoms with Crippen LogP contribution in [-0.2, 0) is 5.41 Å². The number of carbonyl (C=O) groups excluding carboxylic acids is 1. The van der Waals surface area contributed by atoms with Crippen molar-refractivity contribution in [2.75, 3.05) is 26.7 Å². The molecule has 0 unspecified atom stereocenters. The first-order valence-corrected chi connectivity index (χ1v) is 9.50. The lowest BCUT2D eigenvalue weighted by Crippen LogP contribution is -2.45. The number of carbonyl (C=O) groups is 1. The van der Waals surface area contributed by atoms with E-state index in [1.807, 2.05) is 13.0 Å². The Morgan fingerprint density at radius 2 is 1.81 bits per heavy atom. The Morgan fingerprint density at radius 3 is 2.41 bits per heavy atom. The Bertz CT molecular complexity index is 746. The van der Waals surface area contributed by atoms with Gasteiger partial charge in [-0.2, -0.15) is 0 Å². The third kappa shape index (κ3) is 7.10. The lowest BCUT2D eigenvalue weighted by molar-refractivity contribution is 0.0957. The molecule has 1 heterocycles. The number of aliphatic imine (C=N–C) groups is 1. The average molecular weight is 501 g/mol. The van der Waals surface area contributed by atoms with Crippen LogP contribution in [0.3, 0.4) is 0 Å². The molecule has 1 aromatic carbocycles. The molecule has 0 aliphatic carbocycles. The molecular weight excluding hydrogens is 473 g/mol. The monoisotopic (exact) mass is 501 g/mol. The fraction of sp³-hybridized carbons (Fsp3) is 0.421. The SMILES string of the molecule is CN=C(NCCNC(=O)c1scnc1C)NCC(C)(C)c1ccccc1.I. The summed E-state index contributed by atoms with van der Waals surface area (Å²) in [6.07, 6.45) is 0. The summed E-state index contributed by atoms with van der Waals surface area (Å²) in [5.41, 5.74) is 3.70. The van der Waals surface area contributed by atoms with Gasteiger partial charge in [0.1, 0.15) is 4.88 Å². The maximum absolute atomic E-state index is 12.0. The number of nitrogens with zero attached hydrogens (tertiary/aromatic N) is 2. The third-order valence-corrected chi connectivity index (χ3v) is 5.06. The molecule has 0 fully saturated rings. The minimum absolute atomic E-state index is 0. The fourth-order valence-electron chi connectivity index (χ4n) is 2.47. The standard InChI is InChI=1S/C19H27N5OS.HI/c1-14-16(26-13-24-14)17(25)21-10-11-22-18(20-4)23-12-19(2,3)15-8-6-5-7-9-15;/h5-9,13H,10-12H2,1-4H3,(H,21,25)(H2,20,22,23);1H. The first kappa shape index (κ1) is 23.4. The van der Waals surface area contributed by atoms with Crippen LogP contribution in [0.25, 0.3) is 0 Å². The molecule has 0 spiro atoms. The lowest BCUT2D eigenvalue weighted by atomic mass is 9.85. The molecule has 0 aliphatic rings. The number of hydrogen-bond acceptors (Lipinski definition) is 4. The van der Waals surface area contributed by atoms with Gasteiger partial charge in [-0.15, -0.1) is 35.3 Å². The molecule has 1 amide bonds. The van der Waals surface area contributed by atoms with Crippen LogP contribution >= 0.6 is 35.3 Å². The maximum Gasteiger partial charge on any atom is 0.263 e. The molecule has 0 bridgehead atoms. The molecule has 27 heavy (non-hydrogen) atoms. The zero-order valence-electron chi connectivity index (χ0n) is 16.2. The molecule has 0 saturated heterocycles. The zero-order chi connectivity index (χ0) is 19.0. The average Bonchev–Trinajstić information content (AvgIpc) is 3.07. The largest absolute Gasteiger partial charge is 0.356 e. The minimum Gasteiger partial charge on any atom is -0.356 e. The molecule has 0 aliphatic heterocycles.